The number of hydrogen-bond donors (Lipinski definition) is 0. The highest BCUT2D eigenvalue weighted by atomic mass is 16.5. The molecule has 0 unspecified atom stereocenters. The van der Waals surface area contributed by atoms with E-state index in [-0.39, 0.29) is 5.91 Å². The zero-order chi connectivity index (χ0) is 16.3. The van der Waals surface area contributed by atoms with Gasteiger partial charge in [0.2, 0.25) is 5.91 Å². The molecule has 1 aromatic heterocycles. The van der Waals surface area contributed by atoms with Crippen LogP contribution in [0, 0.1) is 0 Å². The molecule has 1 aliphatic rings. The van der Waals surface area contributed by atoms with Crippen LogP contribution in [0.25, 0.3) is 11.3 Å². The largest absolute Gasteiger partial charge is 0.356 e. The highest BCUT2D eigenvalue weighted by Crippen LogP contribution is 2.49. The number of rotatable bonds is 7. The first-order valence-corrected chi connectivity index (χ1v) is 7.75. The Labute approximate surface area is 136 Å². The summed E-state index contributed by atoms with van der Waals surface area (Å²) in [6.45, 7) is 8.46. The predicted octanol–water partition coefficient (Wildman–Crippen LogP) is 3.57. The van der Waals surface area contributed by atoms with Gasteiger partial charge >= 0.3 is 0 Å². The Bertz CT molecular complexity index is 704. The van der Waals surface area contributed by atoms with Gasteiger partial charge < -0.3 is 9.42 Å². The van der Waals surface area contributed by atoms with Crippen LogP contribution in [0.15, 0.2) is 66.2 Å². The van der Waals surface area contributed by atoms with Crippen molar-refractivity contribution in [2.45, 2.75) is 18.3 Å². The first-order chi connectivity index (χ1) is 11.2. The third kappa shape index (κ3) is 2.84. The van der Waals surface area contributed by atoms with Crippen LogP contribution in [0.2, 0.25) is 0 Å². The van der Waals surface area contributed by atoms with Crippen LogP contribution in [-0.2, 0) is 10.2 Å². The van der Waals surface area contributed by atoms with Gasteiger partial charge in [-0.15, -0.1) is 13.2 Å². The second-order valence-electron chi connectivity index (χ2n) is 5.81. The molecule has 1 heterocycles. The fraction of sp³-hybridized carbons (Fsp3) is 0.263. The van der Waals surface area contributed by atoms with E-state index in [0.29, 0.717) is 18.8 Å². The Morgan fingerprint density at radius 1 is 1.22 bits per heavy atom. The zero-order valence-electron chi connectivity index (χ0n) is 13.1. The number of benzene rings is 1. The van der Waals surface area contributed by atoms with Crippen molar-refractivity contribution < 1.29 is 9.32 Å². The minimum atomic E-state index is -0.539. The van der Waals surface area contributed by atoms with Gasteiger partial charge in [0.15, 0.2) is 5.76 Å². The molecule has 23 heavy (non-hydrogen) atoms. The van der Waals surface area contributed by atoms with Crippen LogP contribution in [-0.4, -0.2) is 29.1 Å². The summed E-state index contributed by atoms with van der Waals surface area (Å²) >= 11 is 0. The summed E-state index contributed by atoms with van der Waals surface area (Å²) in [5.41, 5.74) is 1.14. The summed E-state index contributed by atoms with van der Waals surface area (Å²) in [5, 5.41) is 4.18. The van der Waals surface area contributed by atoms with Crippen LogP contribution < -0.4 is 0 Å². The Morgan fingerprint density at radius 3 is 2.43 bits per heavy atom. The van der Waals surface area contributed by atoms with E-state index in [2.05, 4.69) is 18.3 Å². The quantitative estimate of drug-likeness (QED) is 0.735. The number of carbonyl (C=O) groups excluding carboxylic acids is 1. The van der Waals surface area contributed by atoms with Crippen LogP contribution >= 0.6 is 0 Å². The van der Waals surface area contributed by atoms with E-state index >= 15 is 0 Å². The molecule has 3 rings (SSSR count). The number of hydrogen-bond acceptors (Lipinski definition) is 3. The molecule has 4 nitrogen and oxygen atoms in total. The molecular formula is C19H20N2O2. The Kier molecular flexibility index (Phi) is 4.15. The molecule has 0 aliphatic heterocycles. The normalized spacial score (nSPS) is 15.0. The SMILES string of the molecule is C=CCN(CC=C)C(=O)C1(c2cc(-c3ccccc3)on2)CC1. The third-order valence-corrected chi connectivity index (χ3v) is 4.20. The topological polar surface area (TPSA) is 46.3 Å². The van der Waals surface area contributed by atoms with Gasteiger partial charge in [0, 0.05) is 24.7 Å². The molecule has 0 atom stereocenters. The summed E-state index contributed by atoms with van der Waals surface area (Å²) in [7, 11) is 0. The number of aromatic nitrogens is 1. The van der Waals surface area contributed by atoms with E-state index in [1.165, 1.54) is 0 Å². The molecule has 2 aromatic rings. The van der Waals surface area contributed by atoms with Crippen LogP contribution in [0.4, 0.5) is 0 Å². The fourth-order valence-corrected chi connectivity index (χ4v) is 2.80. The first kappa shape index (κ1) is 15.3. The maximum absolute atomic E-state index is 12.9. The molecule has 4 heteroatoms. The van der Waals surface area contributed by atoms with Gasteiger partial charge in [-0.1, -0.05) is 47.6 Å². The van der Waals surface area contributed by atoms with Crippen molar-refractivity contribution in [2.24, 2.45) is 0 Å². The van der Waals surface area contributed by atoms with Gasteiger partial charge in [-0.3, -0.25) is 4.79 Å². The van der Waals surface area contributed by atoms with E-state index in [1.54, 1.807) is 17.1 Å². The van der Waals surface area contributed by atoms with Crippen molar-refractivity contribution in [1.82, 2.24) is 10.1 Å². The van der Waals surface area contributed by atoms with E-state index in [1.807, 2.05) is 36.4 Å². The molecule has 0 radical (unpaired) electrons. The van der Waals surface area contributed by atoms with E-state index in [4.69, 9.17) is 4.52 Å². The Hall–Kier alpha value is -2.62. The number of carbonyl (C=O) groups is 1. The van der Waals surface area contributed by atoms with Crippen molar-refractivity contribution in [2.75, 3.05) is 13.1 Å². The molecule has 0 saturated heterocycles. The minimum absolute atomic E-state index is 0.0743. The molecular weight excluding hydrogens is 288 g/mol. The average Bonchev–Trinajstić information content (AvgIpc) is 3.24. The molecule has 118 valence electrons. The molecule has 0 N–H and O–H groups in total. The third-order valence-electron chi connectivity index (χ3n) is 4.20. The molecule has 1 aliphatic carbocycles. The average molecular weight is 308 g/mol. The summed E-state index contributed by atoms with van der Waals surface area (Å²) in [5.74, 6) is 0.767. The predicted molar refractivity (Wildman–Crippen MR) is 89.8 cm³/mol. The van der Waals surface area contributed by atoms with Crippen LogP contribution in [0.3, 0.4) is 0 Å². The van der Waals surface area contributed by atoms with Crippen molar-refractivity contribution in [3.8, 4) is 11.3 Å². The van der Waals surface area contributed by atoms with Gasteiger partial charge in [-0.2, -0.15) is 0 Å². The van der Waals surface area contributed by atoms with Crippen molar-refractivity contribution in [3.63, 3.8) is 0 Å². The second-order valence-corrected chi connectivity index (χ2v) is 5.81. The molecule has 1 fully saturated rings. The Balaban J connectivity index is 1.86. The molecule has 1 amide bonds. The summed E-state index contributed by atoms with van der Waals surface area (Å²) in [6, 6.07) is 11.7. The van der Waals surface area contributed by atoms with Crippen LogP contribution in [0.1, 0.15) is 18.5 Å². The smallest absolute Gasteiger partial charge is 0.235 e. The highest BCUT2D eigenvalue weighted by molar-refractivity contribution is 5.91. The molecule has 0 spiro atoms. The van der Waals surface area contributed by atoms with E-state index in [0.717, 1.165) is 24.1 Å². The van der Waals surface area contributed by atoms with Crippen molar-refractivity contribution in [3.05, 3.63) is 67.4 Å². The zero-order valence-corrected chi connectivity index (χ0v) is 13.1. The lowest BCUT2D eigenvalue weighted by molar-refractivity contribution is -0.133. The van der Waals surface area contributed by atoms with Gasteiger partial charge in [0.25, 0.3) is 0 Å². The Morgan fingerprint density at radius 2 is 1.87 bits per heavy atom. The van der Waals surface area contributed by atoms with Gasteiger partial charge in [0.1, 0.15) is 0 Å². The summed E-state index contributed by atoms with van der Waals surface area (Å²) in [6.07, 6.45) is 5.07. The van der Waals surface area contributed by atoms with Crippen molar-refractivity contribution >= 4 is 5.91 Å². The number of amides is 1. The number of nitrogens with zero attached hydrogens (tertiary/aromatic N) is 2. The van der Waals surface area contributed by atoms with Crippen LogP contribution in [0.5, 0.6) is 0 Å². The standard InChI is InChI=1S/C19H20N2O2/c1-3-12-21(13-4-2)18(22)19(10-11-19)17-14-16(23-20-17)15-8-6-5-7-9-15/h3-9,14H,1-2,10-13H2. The second kappa shape index (κ2) is 6.24. The maximum atomic E-state index is 12.9. The van der Waals surface area contributed by atoms with Gasteiger partial charge in [-0.25, -0.2) is 0 Å². The lowest BCUT2D eigenvalue weighted by Crippen LogP contribution is -2.39. The first-order valence-electron chi connectivity index (χ1n) is 7.75. The minimum Gasteiger partial charge on any atom is -0.356 e. The van der Waals surface area contributed by atoms with E-state index in [9.17, 15) is 4.79 Å². The fourth-order valence-electron chi connectivity index (χ4n) is 2.80. The van der Waals surface area contributed by atoms with Gasteiger partial charge in [-0.05, 0) is 12.8 Å². The lowest BCUT2D eigenvalue weighted by atomic mass is 9.99. The van der Waals surface area contributed by atoms with E-state index < -0.39 is 5.41 Å². The molecule has 0 bridgehead atoms. The lowest BCUT2D eigenvalue weighted by Gasteiger charge is -2.24. The monoisotopic (exact) mass is 308 g/mol. The molecule has 1 aromatic carbocycles. The molecule has 1 saturated carbocycles. The van der Waals surface area contributed by atoms with Crippen molar-refractivity contribution in [1.29, 1.82) is 0 Å². The van der Waals surface area contributed by atoms with Gasteiger partial charge in [0.05, 0.1) is 11.1 Å². The summed E-state index contributed by atoms with van der Waals surface area (Å²) < 4.78 is 5.47. The highest BCUT2D eigenvalue weighted by Gasteiger charge is 2.55. The summed E-state index contributed by atoms with van der Waals surface area (Å²) in [4.78, 5) is 14.7. The maximum Gasteiger partial charge on any atom is 0.235 e.